The molecule has 1 saturated heterocycles. The maximum absolute atomic E-state index is 13.7. The van der Waals surface area contributed by atoms with Crippen molar-refractivity contribution in [3.05, 3.63) is 29.8 Å². The second kappa shape index (κ2) is 5.78. The number of amides is 1. The van der Waals surface area contributed by atoms with Gasteiger partial charge in [-0.05, 0) is 25.0 Å². The van der Waals surface area contributed by atoms with Crippen LogP contribution in [0, 0.1) is 28.9 Å². The smallest absolute Gasteiger partial charge is 0.237 e. The van der Waals surface area contributed by atoms with Crippen molar-refractivity contribution >= 4 is 17.4 Å². The molecule has 0 bridgehead atoms. The number of carbonyl (C=O) groups excluding carboxylic acids is 2. The lowest BCUT2D eigenvalue weighted by molar-refractivity contribution is -0.133. The van der Waals surface area contributed by atoms with E-state index in [-0.39, 0.29) is 18.7 Å². The van der Waals surface area contributed by atoms with Gasteiger partial charge in [-0.25, -0.2) is 8.78 Å². The van der Waals surface area contributed by atoms with Crippen molar-refractivity contribution in [1.82, 2.24) is 0 Å². The fraction of sp³-hybridized carbons (Fsp3) is 0.357. The van der Waals surface area contributed by atoms with E-state index in [9.17, 15) is 18.4 Å². The van der Waals surface area contributed by atoms with Gasteiger partial charge in [0.15, 0.2) is 5.78 Å². The number of nitrogens with zero attached hydrogens (tertiary/aromatic N) is 2. The number of hydrogen-bond donors (Lipinski definition) is 0. The van der Waals surface area contributed by atoms with Gasteiger partial charge in [0, 0.05) is 12.6 Å². The van der Waals surface area contributed by atoms with E-state index in [1.165, 1.54) is 0 Å². The van der Waals surface area contributed by atoms with Gasteiger partial charge in [-0.2, -0.15) is 5.26 Å². The second-order valence-electron chi connectivity index (χ2n) is 4.58. The van der Waals surface area contributed by atoms with Crippen LogP contribution in [0.5, 0.6) is 0 Å². The van der Waals surface area contributed by atoms with Crippen LogP contribution in [0.25, 0.3) is 0 Å². The highest BCUT2D eigenvalue weighted by atomic mass is 19.1. The first kappa shape index (κ1) is 14.1. The van der Waals surface area contributed by atoms with Gasteiger partial charge in [0.05, 0.1) is 24.1 Å². The van der Waals surface area contributed by atoms with E-state index in [1.807, 2.05) is 0 Å². The molecular formula is C14H12F2N2O2. The molecule has 1 atom stereocenters. The number of anilines is 1. The zero-order valence-corrected chi connectivity index (χ0v) is 10.6. The number of Topliss-reactive ketones (excluding diaryl/α,β-unsaturated/α-hetero) is 1. The van der Waals surface area contributed by atoms with Gasteiger partial charge < -0.3 is 4.90 Å². The third kappa shape index (κ3) is 2.67. The Labute approximate surface area is 114 Å². The number of rotatable bonds is 3. The van der Waals surface area contributed by atoms with Crippen LogP contribution < -0.4 is 4.90 Å². The van der Waals surface area contributed by atoms with E-state index in [0.717, 1.165) is 23.1 Å². The van der Waals surface area contributed by atoms with Crippen LogP contribution in [-0.2, 0) is 9.59 Å². The molecule has 1 amide bonds. The molecule has 0 saturated carbocycles. The van der Waals surface area contributed by atoms with E-state index in [4.69, 9.17) is 5.26 Å². The number of carbonyl (C=O) groups is 2. The number of ketones is 1. The Balaban J connectivity index is 2.29. The molecule has 0 aromatic heterocycles. The molecule has 1 aliphatic rings. The van der Waals surface area contributed by atoms with Gasteiger partial charge in [0.25, 0.3) is 0 Å². The number of piperidine rings is 1. The fourth-order valence-corrected chi connectivity index (χ4v) is 2.31. The third-order valence-electron chi connectivity index (χ3n) is 3.28. The normalized spacial score (nSPS) is 18.8. The first-order chi connectivity index (χ1) is 9.54. The molecule has 1 aromatic rings. The van der Waals surface area contributed by atoms with Crippen LogP contribution in [-0.4, -0.2) is 18.2 Å². The number of nitriles is 1. The maximum Gasteiger partial charge on any atom is 0.237 e. The molecule has 4 nitrogen and oxygen atoms in total. The van der Waals surface area contributed by atoms with Crippen molar-refractivity contribution in [2.75, 3.05) is 11.4 Å². The fourth-order valence-electron chi connectivity index (χ4n) is 2.31. The van der Waals surface area contributed by atoms with Crippen LogP contribution in [0.2, 0.25) is 0 Å². The van der Waals surface area contributed by atoms with E-state index in [2.05, 4.69) is 0 Å². The van der Waals surface area contributed by atoms with Crippen molar-refractivity contribution in [1.29, 1.82) is 5.26 Å². The van der Waals surface area contributed by atoms with Crippen LogP contribution in [0.1, 0.15) is 19.3 Å². The predicted molar refractivity (Wildman–Crippen MR) is 66.7 cm³/mol. The quantitative estimate of drug-likeness (QED) is 0.796. The molecule has 1 fully saturated rings. The Bertz CT molecular complexity index is 595. The Hall–Kier alpha value is -2.29. The summed E-state index contributed by atoms with van der Waals surface area (Å²) in [5.41, 5.74) is -0.163. The number of hydrogen-bond acceptors (Lipinski definition) is 3. The zero-order valence-electron chi connectivity index (χ0n) is 10.6. The summed E-state index contributed by atoms with van der Waals surface area (Å²) in [4.78, 5) is 25.0. The Morgan fingerprint density at radius 1 is 1.45 bits per heavy atom. The molecule has 0 N–H and O–H groups in total. The van der Waals surface area contributed by atoms with Gasteiger partial charge in [0.1, 0.15) is 11.6 Å². The Morgan fingerprint density at radius 2 is 2.20 bits per heavy atom. The lowest BCUT2D eigenvalue weighted by Gasteiger charge is -2.31. The van der Waals surface area contributed by atoms with Gasteiger partial charge in [0.2, 0.25) is 5.91 Å². The summed E-state index contributed by atoms with van der Waals surface area (Å²) in [6, 6.07) is 4.55. The van der Waals surface area contributed by atoms with Gasteiger partial charge >= 0.3 is 0 Å². The monoisotopic (exact) mass is 278 g/mol. The highest BCUT2D eigenvalue weighted by molar-refractivity contribution is 6.09. The minimum Gasteiger partial charge on any atom is -0.309 e. The molecule has 0 spiro atoms. The summed E-state index contributed by atoms with van der Waals surface area (Å²) < 4.78 is 26.9. The van der Waals surface area contributed by atoms with Crippen LogP contribution in [0.4, 0.5) is 14.5 Å². The minimum absolute atomic E-state index is 0.163. The third-order valence-corrected chi connectivity index (χ3v) is 3.28. The molecule has 20 heavy (non-hydrogen) atoms. The summed E-state index contributed by atoms with van der Waals surface area (Å²) in [6.45, 7) is 0.232. The average molecular weight is 278 g/mol. The molecule has 0 aliphatic carbocycles. The average Bonchev–Trinajstić information content (AvgIpc) is 2.42. The summed E-state index contributed by atoms with van der Waals surface area (Å²) in [7, 11) is 0. The van der Waals surface area contributed by atoms with E-state index < -0.39 is 29.2 Å². The second-order valence-corrected chi connectivity index (χ2v) is 4.58. The summed E-state index contributed by atoms with van der Waals surface area (Å²) >= 11 is 0. The molecule has 6 heteroatoms. The van der Waals surface area contributed by atoms with Crippen molar-refractivity contribution in [3.8, 4) is 6.07 Å². The highest BCUT2D eigenvalue weighted by Crippen LogP contribution is 2.28. The van der Waals surface area contributed by atoms with E-state index in [1.54, 1.807) is 6.07 Å². The molecule has 104 valence electrons. The molecule has 2 rings (SSSR count). The van der Waals surface area contributed by atoms with Crippen molar-refractivity contribution in [3.63, 3.8) is 0 Å². The van der Waals surface area contributed by atoms with Crippen LogP contribution in [0.3, 0.4) is 0 Å². The zero-order chi connectivity index (χ0) is 14.7. The van der Waals surface area contributed by atoms with Crippen LogP contribution in [0.15, 0.2) is 18.2 Å². The van der Waals surface area contributed by atoms with Crippen molar-refractivity contribution in [2.45, 2.75) is 19.3 Å². The summed E-state index contributed by atoms with van der Waals surface area (Å²) in [5.74, 6) is -3.35. The standard InChI is InChI=1S/C14H12F2N2O2/c15-9-3-4-11(16)12(8-9)18-7-1-2-10(14(18)20)13(19)5-6-17/h3-4,8,10H,1-2,5,7H2/t10-/m1/s1. The van der Waals surface area contributed by atoms with Crippen LogP contribution >= 0.6 is 0 Å². The van der Waals surface area contributed by atoms with Gasteiger partial charge in [-0.3, -0.25) is 9.59 Å². The Kier molecular flexibility index (Phi) is 4.08. The van der Waals surface area contributed by atoms with Crippen molar-refractivity contribution in [2.24, 2.45) is 5.92 Å². The highest BCUT2D eigenvalue weighted by Gasteiger charge is 2.35. The molecule has 0 unspecified atom stereocenters. The molecule has 1 heterocycles. The van der Waals surface area contributed by atoms with E-state index in [0.29, 0.717) is 12.8 Å². The lowest BCUT2D eigenvalue weighted by atomic mass is 9.91. The molecular weight excluding hydrogens is 266 g/mol. The molecule has 0 radical (unpaired) electrons. The van der Waals surface area contributed by atoms with Gasteiger partial charge in [-0.1, -0.05) is 0 Å². The SMILES string of the molecule is N#CCC(=O)[C@H]1CCCN(c2cc(F)ccc2F)C1=O. The number of halogens is 2. The van der Waals surface area contributed by atoms with E-state index >= 15 is 0 Å². The summed E-state index contributed by atoms with van der Waals surface area (Å²) in [5, 5.41) is 8.51. The largest absolute Gasteiger partial charge is 0.309 e. The first-order valence-electron chi connectivity index (χ1n) is 6.20. The predicted octanol–water partition coefficient (Wildman–Crippen LogP) is 2.19. The van der Waals surface area contributed by atoms with Crippen molar-refractivity contribution < 1.29 is 18.4 Å². The minimum atomic E-state index is -0.939. The van der Waals surface area contributed by atoms with Gasteiger partial charge in [-0.15, -0.1) is 0 Å². The molecule has 1 aliphatic heterocycles. The summed E-state index contributed by atoms with van der Waals surface area (Å²) in [6.07, 6.45) is 0.492. The lowest BCUT2D eigenvalue weighted by Crippen LogP contribution is -2.44. The first-order valence-corrected chi connectivity index (χ1v) is 6.20. The topological polar surface area (TPSA) is 61.2 Å². The molecule has 1 aromatic carbocycles. The maximum atomic E-state index is 13.7. The Morgan fingerprint density at radius 3 is 2.90 bits per heavy atom. The number of benzene rings is 1.